The Morgan fingerprint density at radius 2 is 1.81 bits per heavy atom. The normalized spacial score (nSPS) is 21.2. The number of nitrogens with one attached hydrogen (secondary N) is 3. The summed E-state index contributed by atoms with van der Waals surface area (Å²) in [5, 5.41) is 8.01. The van der Waals surface area contributed by atoms with Crippen molar-refractivity contribution in [2.24, 2.45) is 0 Å². The standard InChI is InChI=1S/C17H21F3N4O3/c1-9-21-12(8-13(25)22-9)15(26)23-14(16(27)24(2)3)10-4-6-11(7-5-10)17(18,19)20/h4-7,9,12,14,21H,8H2,1-3H3,(H,22,25)(H,23,26). The van der Waals surface area contributed by atoms with Gasteiger partial charge in [-0.25, -0.2) is 0 Å². The third-order valence-electron chi connectivity index (χ3n) is 4.08. The lowest BCUT2D eigenvalue weighted by Gasteiger charge is -2.30. The molecule has 27 heavy (non-hydrogen) atoms. The zero-order valence-electron chi connectivity index (χ0n) is 15.1. The second-order valence-corrected chi connectivity index (χ2v) is 6.51. The number of halogens is 3. The fourth-order valence-electron chi connectivity index (χ4n) is 2.71. The molecular formula is C17H21F3N4O3. The van der Waals surface area contributed by atoms with Gasteiger partial charge < -0.3 is 15.5 Å². The first-order valence-electron chi connectivity index (χ1n) is 8.23. The minimum Gasteiger partial charge on any atom is -0.347 e. The van der Waals surface area contributed by atoms with Gasteiger partial charge in [-0.15, -0.1) is 0 Å². The lowest BCUT2D eigenvalue weighted by atomic mass is 10.0. The van der Waals surface area contributed by atoms with E-state index in [2.05, 4.69) is 16.0 Å². The molecule has 0 radical (unpaired) electrons. The first kappa shape index (κ1) is 20.7. The summed E-state index contributed by atoms with van der Waals surface area (Å²) < 4.78 is 38.2. The van der Waals surface area contributed by atoms with Crippen LogP contribution in [0.15, 0.2) is 24.3 Å². The molecule has 0 bridgehead atoms. The summed E-state index contributed by atoms with van der Waals surface area (Å²) in [6.07, 6.45) is -5.03. The van der Waals surface area contributed by atoms with Crippen molar-refractivity contribution >= 4 is 17.7 Å². The van der Waals surface area contributed by atoms with Crippen LogP contribution in [0.25, 0.3) is 0 Å². The predicted molar refractivity (Wildman–Crippen MR) is 90.2 cm³/mol. The number of hydrogen-bond acceptors (Lipinski definition) is 4. The van der Waals surface area contributed by atoms with Crippen LogP contribution in [0.1, 0.15) is 30.5 Å². The highest BCUT2D eigenvalue weighted by molar-refractivity contribution is 5.93. The molecule has 1 saturated heterocycles. The van der Waals surface area contributed by atoms with Gasteiger partial charge in [0, 0.05) is 14.1 Å². The maximum Gasteiger partial charge on any atom is 0.416 e. The number of nitrogens with zero attached hydrogens (tertiary/aromatic N) is 1. The van der Waals surface area contributed by atoms with Gasteiger partial charge in [0.15, 0.2) is 0 Å². The smallest absolute Gasteiger partial charge is 0.347 e. The SMILES string of the molecule is CC1NC(=O)CC(C(=O)NC(C(=O)N(C)C)c2ccc(C(F)(F)F)cc2)N1. The van der Waals surface area contributed by atoms with E-state index in [0.29, 0.717) is 0 Å². The Morgan fingerprint density at radius 3 is 2.30 bits per heavy atom. The van der Waals surface area contributed by atoms with Crippen LogP contribution < -0.4 is 16.0 Å². The number of alkyl halides is 3. The number of hydrogen-bond donors (Lipinski definition) is 3. The van der Waals surface area contributed by atoms with Crippen LogP contribution >= 0.6 is 0 Å². The predicted octanol–water partition coefficient (Wildman–Crippen LogP) is 0.775. The molecule has 3 N–H and O–H groups in total. The molecule has 3 atom stereocenters. The molecule has 0 aromatic heterocycles. The van der Waals surface area contributed by atoms with Gasteiger partial charge in [0.2, 0.25) is 17.7 Å². The molecule has 3 amide bonds. The molecule has 1 heterocycles. The molecule has 1 aromatic rings. The molecule has 1 fully saturated rings. The number of carbonyl (C=O) groups is 3. The molecule has 0 spiro atoms. The van der Waals surface area contributed by atoms with Gasteiger partial charge >= 0.3 is 6.18 Å². The van der Waals surface area contributed by atoms with Crippen LogP contribution in [-0.4, -0.2) is 48.9 Å². The van der Waals surface area contributed by atoms with Crippen LogP contribution in [-0.2, 0) is 20.6 Å². The first-order chi connectivity index (χ1) is 12.5. The monoisotopic (exact) mass is 386 g/mol. The van der Waals surface area contributed by atoms with Crippen molar-refractivity contribution in [1.29, 1.82) is 0 Å². The highest BCUT2D eigenvalue weighted by atomic mass is 19.4. The Labute approximate surface area is 154 Å². The van der Waals surface area contributed by atoms with Crippen molar-refractivity contribution in [3.63, 3.8) is 0 Å². The molecule has 148 valence electrons. The van der Waals surface area contributed by atoms with Crippen molar-refractivity contribution in [2.75, 3.05) is 14.1 Å². The summed E-state index contributed by atoms with van der Waals surface area (Å²) in [4.78, 5) is 37.8. The van der Waals surface area contributed by atoms with Gasteiger partial charge in [-0.1, -0.05) is 12.1 Å². The maximum absolute atomic E-state index is 12.7. The molecule has 10 heteroatoms. The lowest BCUT2D eigenvalue weighted by Crippen LogP contribution is -2.60. The van der Waals surface area contributed by atoms with Crippen LogP contribution in [0.2, 0.25) is 0 Å². The number of amides is 3. The van der Waals surface area contributed by atoms with Gasteiger partial charge in [0.1, 0.15) is 6.04 Å². The average Bonchev–Trinajstić information content (AvgIpc) is 2.57. The van der Waals surface area contributed by atoms with Crippen molar-refractivity contribution in [2.45, 2.75) is 37.8 Å². The fraction of sp³-hybridized carbons (Fsp3) is 0.471. The van der Waals surface area contributed by atoms with E-state index in [-0.39, 0.29) is 17.9 Å². The Kier molecular flexibility index (Phi) is 6.09. The van der Waals surface area contributed by atoms with E-state index in [1.165, 1.54) is 19.0 Å². The van der Waals surface area contributed by atoms with E-state index in [1.54, 1.807) is 6.92 Å². The van der Waals surface area contributed by atoms with Crippen molar-refractivity contribution in [1.82, 2.24) is 20.9 Å². The van der Waals surface area contributed by atoms with Gasteiger partial charge in [0.05, 0.1) is 24.2 Å². The summed E-state index contributed by atoms with van der Waals surface area (Å²) in [5.74, 6) is -1.40. The summed E-state index contributed by atoms with van der Waals surface area (Å²) in [6.45, 7) is 1.66. The molecule has 0 saturated carbocycles. The second-order valence-electron chi connectivity index (χ2n) is 6.51. The Bertz CT molecular complexity index is 719. The van der Waals surface area contributed by atoms with Crippen LogP contribution in [0.5, 0.6) is 0 Å². The van der Waals surface area contributed by atoms with E-state index in [4.69, 9.17) is 0 Å². The van der Waals surface area contributed by atoms with Gasteiger partial charge in [-0.3, -0.25) is 19.7 Å². The molecular weight excluding hydrogens is 365 g/mol. The minimum absolute atomic E-state index is 0.105. The minimum atomic E-state index is -4.50. The third kappa shape index (κ3) is 5.19. The average molecular weight is 386 g/mol. The third-order valence-corrected chi connectivity index (χ3v) is 4.08. The van der Waals surface area contributed by atoms with Crippen molar-refractivity contribution in [3.8, 4) is 0 Å². The quantitative estimate of drug-likeness (QED) is 0.713. The molecule has 1 aromatic carbocycles. The Balaban J connectivity index is 2.23. The van der Waals surface area contributed by atoms with Crippen molar-refractivity contribution in [3.05, 3.63) is 35.4 Å². The highest BCUT2D eigenvalue weighted by Gasteiger charge is 2.34. The van der Waals surface area contributed by atoms with Crippen LogP contribution in [0.4, 0.5) is 13.2 Å². The molecule has 1 aliphatic rings. The van der Waals surface area contributed by atoms with Crippen molar-refractivity contribution < 1.29 is 27.6 Å². The topological polar surface area (TPSA) is 90.5 Å². The van der Waals surface area contributed by atoms with E-state index < -0.39 is 41.8 Å². The zero-order chi connectivity index (χ0) is 20.4. The van der Waals surface area contributed by atoms with Gasteiger partial charge in [-0.05, 0) is 24.6 Å². The van der Waals surface area contributed by atoms with Gasteiger partial charge in [-0.2, -0.15) is 13.2 Å². The van der Waals surface area contributed by atoms with E-state index in [9.17, 15) is 27.6 Å². The summed E-state index contributed by atoms with van der Waals surface area (Å²) in [5.41, 5.74) is -0.642. The summed E-state index contributed by atoms with van der Waals surface area (Å²) in [7, 11) is 2.94. The molecule has 7 nitrogen and oxygen atoms in total. The van der Waals surface area contributed by atoms with E-state index >= 15 is 0 Å². The lowest BCUT2D eigenvalue weighted by molar-refractivity contribution is -0.137. The van der Waals surface area contributed by atoms with Crippen LogP contribution in [0, 0.1) is 0 Å². The van der Waals surface area contributed by atoms with Crippen LogP contribution in [0.3, 0.4) is 0 Å². The molecule has 0 aliphatic carbocycles. The highest BCUT2D eigenvalue weighted by Crippen LogP contribution is 2.30. The van der Waals surface area contributed by atoms with E-state index in [1.807, 2.05) is 0 Å². The first-order valence-corrected chi connectivity index (χ1v) is 8.23. The Morgan fingerprint density at radius 1 is 1.22 bits per heavy atom. The largest absolute Gasteiger partial charge is 0.416 e. The van der Waals surface area contributed by atoms with E-state index in [0.717, 1.165) is 24.3 Å². The number of benzene rings is 1. The molecule has 2 rings (SSSR count). The fourth-order valence-corrected chi connectivity index (χ4v) is 2.71. The maximum atomic E-state index is 12.7. The number of carbonyl (C=O) groups excluding carboxylic acids is 3. The Hall–Kier alpha value is -2.62. The number of rotatable bonds is 4. The number of likely N-dealkylation sites (N-methyl/N-ethyl adjacent to an activating group) is 1. The zero-order valence-corrected chi connectivity index (χ0v) is 15.1. The summed E-state index contributed by atoms with van der Waals surface area (Å²) in [6, 6.07) is 1.99. The van der Waals surface area contributed by atoms with Gasteiger partial charge in [0.25, 0.3) is 0 Å². The summed E-state index contributed by atoms with van der Waals surface area (Å²) >= 11 is 0. The second kappa shape index (κ2) is 7.95. The molecule has 1 aliphatic heterocycles. The molecule has 3 unspecified atom stereocenters.